The summed E-state index contributed by atoms with van der Waals surface area (Å²) in [6.07, 6.45) is 1.71. The van der Waals surface area contributed by atoms with Crippen LogP contribution in [0, 0.1) is 0 Å². The number of benzene rings is 3. The van der Waals surface area contributed by atoms with Crippen molar-refractivity contribution in [2.45, 2.75) is 31.3 Å². The third kappa shape index (κ3) is 5.13. The van der Waals surface area contributed by atoms with E-state index in [1.165, 1.54) is 0 Å². The van der Waals surface area contributed by atoms with Gasteiger partial charge in [0.05, 0.1) is 37.1 Å². The van der Waals surface area contributed by atoms with Crippen molar-refractivity contribution in [2.75, 3.05) is 5.75 Å². The number of aromatic nitrogens is 2. The average Bonchev–Trinajstić information content (AvgIpc) is 3.26. The number of nitrogens with zero attached hydrogens (tertiary/aromatic N) is 2. The van der Waals surface area contributed by atoms with Gasteiger partial charge in [-0.15, -0.1) is 0 Å². The van der Waals surface area contributed by atoms with Crippen LogP contribution in [0.3, 0.4) is 0 Å². The molecule has 4 rings (SSSR count). The highest BCUT2D eigenvalue weighted by molar-refractivity contribution is 7.91. The number of hydrogen-bond acceptors (Lipinski definition) is 4. The van der Waals surface area contributed by atoms with E-state index in [1.54, 1.807) is 74.0 Å². The monoisotopic (exact) mass is 548 g/mol. The van der Waals surface area contributed by atoms with E-state index in [9.17, 15) is 13.5 Å². The Hall–Kier alpha value is -2.35. The molecule has 0 aliphatic rings. The molecule has 1 heterocycles. The molecule has 9 heteroatoms. The van der Waals surface area contributed by atoms with Crippen LogP contribution in [0.5, 0.6) is 0 Å². The molecule has 0 amide bonds. The minimum absolute atomic E-state index is 0.0230. The average molecular weight is 550 g/mol. The smallest absolute Gasteiger partial charge is 0.178 e. The van der Waals surface area contributed by atoms with E-state index in [2.05, 4.69) is 4.98 Å². The Bertz CT molecular complexity index is 1520. The van der Waals surface area contributed by atoms with E-state index in [0.717, 1.165) is 11.1 Å². The molecule has 1 aromatic heterocycles. The standard InChI is InChI=1S/C26H23Cl3N2O3S/c1-4-35(33,34)18-8-5-7-16(13-18)17-11-12-22(21(28)14-17)31-15-23(26(2,3)32)30-25(31)19-9-6-10-20(27)24(19)29/h5-15,32H,4H2,1-3H3. The fourth-order valence-electron chi connectivity index (χ4n) is 3.64. The van der Waals surface area contributed by atoms with Crippen LogP contribution in [0.4, 0.5) is 0 Å². The highest BCUT2D eigenvalue weighted by Gasteiger charge is 2.25. The van der Waals surface area contributed by atoms with Crippen molar-refractivity contribution in [3.8, 4) is 28.2 Å². The van der Waals surface area contributed by atoms with Gasteiger partial charge in [-0.3, -0.25) is 4.57 Å². The first-order valence-electron chi connectivity index (χ1n) is 10.8. The lowest BCUT2D eigenvalue weighted by Gasteiger charge is -2.13. The van der Waals surface area contributed by atoms with Gasteiger partial charge in [0.15, 0.2) is 9.84 Å². The zero-order valence-electron chi connectivity index (χ0n) is 19.3. The number of imidazole rings is 1. The molecular formula is C26H23Cl3N2O3S. The number of halogens is 3. The lowest BCUT2D eigenvalue weighted by Crippen LogP contribution is -2.15. The molecule has 4 aromatic rings. The molecule has 0 atom stereocenters. The normalized spacial score (nSPS) is 12.2. The summed E-state index contributed by atoms with van der Waals surface area (Å²) in [5, 5.41) is 11.7. The molecule has 0 aliphatic carbocycles. The van der Waals surface area contributed by atoms with Crippen LogP contribution in [-0.2, 0) is 15.4 Å². The van der Waals surface area contributed by atoms with E-state index in [0.29, 0.717) is 37.8 Å². The number of rotatable bonds is 6. The van der Waals surface area contributed by atoms with Crippen LogP contribution in [0.15, 0.2) is 71.8 Å². The molecule has 182 valence electrons. The minimum atomic E-state index is -3.34. The molecule has 5 nitrogen and oxygen atoms in total. The maximum absolute atomic E-state index is 12.3. The minimum Gasteiger partial charge on any atom is -0.384 e. The first-order chi connectivity index (χ1) is 16.4. The van der Waals surface area contributed by atoms with Gasteiger partial charge in [-0.25, -0.2) is 13.4 Å². The Morgan fingerprint density at radius 3 is 2.29 bits per heavy atom. The van der Waals surface area contributed by atoms with E-state index in [-0.39, 0.29) is 10.6 Å². The molecule has 0 saturated carbocycles. The summed E-state index contributed by atoms with van der Waals surface area (Å²) in [6, 6.07) is 17.5. The molecule has 0 spiro atoms. The lowest BCUT2D eigenvalue weighted by molar-refractivity contribution is 0.0743. The number of aliphatic hydroxyl groups is 1. The van der Waals surface area contributed by atoms with Crippen LogP contribution in [0.25, 0.3) is 28.2 Å². The zero-order valence-corrected chi connectivity index (χ0v) is 22.3. The van der Waals surface area contributed by atoms with Gasteiger partial charge in [0.25, 0.3) is 0 Å². The second-order valence-electron chi connectivity index (χ2n) is 8.58. The molecule has 0 radical (unpaired) electrons. The second kappa shape index (κ2) is 9.60. The van der Waals surface area contributed by atoms with Gasteiger partial charge < -0.3 is 5.11 Å². The van der Waals surface area contributed by atoms with Crippen molar-refractivity contribution in [1.29, 1.82) is 0 Å². The number of sulfone groups is 1. The van der Waals surface area contributed by atoms with Gasteiger partial charge in [-0.1, -0.05) is 66.0 Å². The van der Waals surface area contributed by atoms with E-state index >= 15 is 0 Å². The van der Waals surface area contributed by atoms with Crippen molar-refractivity contribution in [1.82, 2.24) is 9.55 Å². The Kier molecular flexibility index (Phi) is 7.06. The van der Waals surface area contributed by atoms with Crippen LogP contribution < -0.4 is 0 Å². The van der Waals surface area contributed by atoms with Crippen molar-refractivity contribution < 1.29 is 13.5 Å². The van der Waals surface area contributed by atoms with Crippen molar-refractivity contribution in [3.63, 3.8) is 0 Å². The van der Waals surface area contributed by atoms with Crippen molar-refractivity contribution in [3.05, 3.63) is 87.6 Å². The maximum Gasteiger partial charge on any atom is 0.178 e. The van der Waals surface area contributed by atoms with Gasteiger partial charge in [0, 0.05) is 11.8 Å². The van der Waals surface area contributed by atoms with Gasteiger partial charge in [0.1, 0.15) is 11.4 Å². The lowest BCUT2D eigenvalue weighted by atomic mass is 10.1. The van der Waals surface area contributed by atoms with E-state index < -0.39 is 15.4 Å². The third-order valence-electron chi connectivity index (χ3n) is 5.64. The van der Waals surface area contributed by atoms with Crippen molar-refractivity contribution >= 4 is 44.6 Å². The van der Waals surface area contributed by atoms with Gasteiger partial charge in [-0.2, -0.15) is 0 Å². The van der Waals surface area contributed by atoms with Gasteiger partial charge in [-0.05, 0) is 61.4 Å². The molecule has 0 aliphatic heterocycles. The fraction of sp³-hybridized carbons (Fsp3) is 0.192. The molecular weight excluding hydrogens is 527 g/mol. The van der Waals surface area contributed by atoms with Crippen molar-refractivity contribution in [2.24, 2.45) is 0 Å². The Morgan fingerprint density at radius 2 is 1.63 bits per heavy atom. The topological polar surface area (TPSA) is 72.2 Å². The van der Waals surface area contributed by atoms with Crippen LogP contribution in [0.1, 0.15) is 26.5 Å². The summed E-state index contributed by atoms with van der Waals surface area (Å²) >= 11 is 19.5. The predicted molar refractivity (Wildman–Crippen MR) is 142 cm³/mol. The Balaban J connectivity index is 1.86. The number of hydrogen-bond donors (Lipinski definition) is 1. The molecule has 0 bridgehead atoms. The highest BCUT2D eigenvalue weighted by atomic mass is 35.5. The quantitative estimate of drug-likeness (QED) is 0.276. The first-order valence-corrected chi connectivity index (χ1v) is 13.6. The van der Waals surface area contributed by atoms with Gasteiger partial charge >= 0.3 is 0 Å². The van der Waals surface area contributed by atoms with Gasteiger partial charge in [0.2, 0.25) is 0 Å². The maximum atomic E-state index is 12.3. The molecule has 0 unspecified atom stereocenters. The SMILES string of the molecule is CCS(=O)(=O)c1cccc(-c2ccc(-n3cc(C(C)(C)O)nc3-c3cccc(Cl)c3Cl)c(Cl)c2)c1. The Morgan fingerprint density at radius 1 is 0.943 bits per heavy atom. The zero-order chi connectivity index (χ0) is 25.5. The molecule has 35 heavy (non-hydrogen) atoms. The summed E-state index contributed by atoms with van der Waals surface area (Å²) in [5.74, 6) is 0.495. The molecule has 1 N–H and O–H groups in total. The summed E-state index contributed by atoms with van der Waals surface area (Å²) in [4.78, 5) is 4.91. The van der Waals surface area contributed by atoms with Crippen LogP contribution >= 0.6 is 34.8 Å². The summed E-state index contributed by atoms with van der Waals surface area (Å²) in [5.41, 5.74) is 1.92. The van der Waals surface area contributed by atoms with Crippen LogP contribution in [0.2, 0.25) is 15.1 Å². The molecule has 0 fully saturated rings. The largest absolute Gasteiger partial charge is 0.384 e. The second-order valence-corrected chi connectivity index (χ2v) is 12.0. The highest BCUT2D eigenvalue weighted by Crippen LogP contribution is 2.37. The first kappa shape index (κ1) is 25.7. The van der Waals surface area contributed by atoms with E-state index in [1.807, 2.05) is 18.2 Å². The molecule has 0 saturated heterocycles. The predicted octanol–water partition coefficient (Wildman–Crippen LogP) is 7.19. The Labute approximate surface area is 219 Å². The molecule has 3 aromatic carbocycles. The third-order valence-corrected chi connectivity index (χ3v) is 8.49. The summed E-state index contributed by atoms with van der Waals surface area (Å²) < 4.78 is 26.4. The van der Waals surface area contributed by atoms with Crippen LogP contribution in [-0.4, -0.2) is 28.8 Å². The summed E-state index contributed by atoms with van der Waals surface area (Å²) in [7, 11) is -3.34. The summed E-state index contributed by atoms with van der Waals surface area (Å²) in [6.45, 7) is 4.90. The van der Waals surface area contributed by atoms with E-state index in [4.69, 9.17) is 34.8 Å². The fourth-order valence-corrected chi connectivity index (χ4v) is 5.23.